The van der Waals surface area contributed by atoms with E-state index >= 15 is 0 Å². The Morgan fingerprint density at radius 1 is 1.33 bits per heavy atom. The molecule has 65 valence electrons. The van der Waals surface area contributed by atoms with Crippen molar-refractivity contribution < 1.29 is 0 Å². The van der Waals surface area contributed by atoms with Crippen molar-refractivity contribution in [1.82, 2.24) is 9.97 Å². The van der Waals surface area contributed by atoms with Crippen molar-refractivity contribution in [1.29, 1.82) is 0 Å². The normalized spacial score (nSPS) is 19.8. The highest BCUT2D eigenvalue weighted by Gasteiger charge is 2.17. The van der Waals surface area contributed by atoms with Crippen LogP contribution in [-0.2, 0) is 0 Å². The molecule has 1 N–H and O–H groups in total. The van der Waals surface area contributed by atoms with Crippen molar-refractivity contribution in [2.45, 2.75) is 38.0 Å². The third-order valence-electron chi connectivity index (χ3n) is 2.64. The molecule has 0 spiro atoms. The maximum Gasteiger partial charge on any atom is 0.109 e. The van der Waals surface area contributed by atoms with E-state index in [0.29, 0.717) is 5.92 Å². The van der Waals surface area contributed by atoms with Crippen LogP contribution in [0.15, 0.2) is 6.20 Å². The second-order valence-electron chi connectivity index (χ2n) is 3.63. The zero-order valence-electron chi connectivity index (χ0n) is 7.34. The Balaban J connectivity index is 2.08. The maximum atomic E-state index is 4.32. The molecule has 2 rings (SSSR count). The van der Waals surface area contributed by atoms with E-state index in [1.165, 1.54) is 32.1 Å². The molecule has 1 radical (unpaired) electrons. The second-order valence-corrected chi connectivity index (χ2v) is 3.63. The first-order chi connectivity index (χ1) is 5.86. The predicted molar refractivity (Wildman–Crippen MR) is 48.9 cm³/mol. The first-order valence-corrected chi connectivity index (χ1v) is 4.73. The first kappa shape index (κ1) is 7.84. The van der Waals surface area contributed by atoms with E-state index in [-0.39, 0.29) is 0 Å². The zero-order valence-corrected chi connectivity index (χ0v) is 7.34. The number of imidazole rings is 1. The van der Waals surface area contributed by atoms with Crippen LogP contribution in [0.3, 0.4) is 0 Å². The topological polar surface area (TPSA) is 28.7 Å². The minimum atomic E-state index is 0.675. The number of hydrogen-bond acceptors (Lipinski definition) is 1. The second kappa shape index (κ2) is 3.30. The van der Waals surface area contributed by atoms with Gasteiger partial charge in [0.15, 0.2) is 0 Å². The monoisotopic (exact) mass is 163 g/mol. The number of H-pyrrole nitrogens is 1. The molecule has 0 atom stereocenters. The number of nitrogens with zero attached hydrogens (tertiary/aromatic N) is 1. The fourth-order valence-electron chi connectivity index (χ4n) is 1.96. The molecule has 0 unspecified atom stereocenters. The minimum absolute atomic E-state index is 0.675. The van der Waals surface area contributed by atoms with E-state index in [2.05, 4.69) is 16.9 Å². The van der Waals surface area contributed by atoms with Crippen molar-refractivity contribution in [3.05, 3.63) is 24.6 Å². The predicted octanol–water partition coefficient (Wildman–Crippen LogP) is 2.64. The van der Waals surface area contributed by atoms with Crippen molar-refractivity contribution in [2.75, 3.05) is 0 Å². The van der Waals surface area contributed by atoms with E-state index in [1.807, 2.05) is 6.20 Å². The van der Waals surface area contributed by atoms with E-state index in [9.17, 15) is 0 Å². The molecule has 2 heteroatoms. The van der Waals surface area contributed by atoms with Crippen molar-refractivity contribution in [3.8, 4) is 0 Å². The fraction of sp³-hybridized carbons (Fsp3) is 0.600. The third-order valence-corrected chi connectivity index (χ3v) is 2.64. The Kier molecular flexibility index (Phi) is 2.15. The van der Waals surface area contributed by atoms with Gasteiger partial charge in [-0.05, 0) is 19.8 Å². The van der Waals surface area contributed by atoms with E-state index in [4.69, 9.17) is 0 Å². The average molecular weight is 163 g/mol. The fourth-order valence-corrected chi connectivity index (χ4v) is 1.96. The highest BCUT2D eigenvalue weighted by atomic mass is 14.9. The number of aromatic amines is 1. The average Bonchev–Trinajstić information content (AvgIpc) is 2.54. The summed E-state index contributed by atoms with van der Waals surface area (Å²) < 4.78 is 0. The molecule has 0 saturated heterocycles. The summed E-state index contributed by atoms with van der Waals surface area (Å²) in [5.41, 5.74) is 0.940. The van der Waals surface area contributed by atoms with Gasteiger partial charge in [-0.15, -0.1) is 0 Å². The summed E-state index contributed by atoms with van der Waals surface area (Å²) in [6.07, 6.45) is 8.54. The van der Waals surface area contributed by atoms with E-state index < -0.39 is 0 Å². The maximum absolute atomic E-state index is 4.32. The molecule has 1 heterocycles. The van der Waals surface area contributed by atoms with Crippen LogP contribution in [0.25, 0.3) is 0 Å². The zero-order chi connectivity index (χ0) is 8.39. The lowest BCUT2D eigenvalue weighted by Crippen LogP contribution is -2.05. The summed E-state index contributed by atoms with van der Waals surface area (Å²) >= 11 is 0. The molecule has 1 fully saturated rings. The highest BCUT2D eigenvalue weighted by molar-refractivity contribution is 5.08. The van der Waals surface area contributed by atoms with Crippen molar-refractivity contribution in [2.24, 2.45) is 0 Å². The van der Waals surface area contributed by atoms with Gasteiger partial charge >= 0.3 is 0 Å². The van der Waals surface area contributed by atoms with Crippen LogP contribution in [0.2, 0.25) is 0 Å². The summed E-state index contributed by atoms with van der Waals surface area (Å²) in [5.74, 6) is 1.83. The molecule has 2 nitrogen and oxygen atoms in total. The lowest BCUT2D eigenvalue weighted by atomic mass is 9.89. The van der Waals surface area contributed by atoms with Gasteiger partial charge in [0.05, 0.1) is 0 Å². The summed E-state index contributed by atoms with van der Waals surface area (Å²) in [4.78, 5) is 7.54. The number of rotatable bonds is 1. The van der Waals surface area contributed by atoms with Gasteiger partial charge < -0.3 is 4.98 Å². The Morgan fingerprint density at radius 3 is 2.67 bits per heavy atom. The van der Waals surface area contributed by atoms with Gasteiger partial charge in [0.25, 0.3) is 0 Å². The van der Waals surface area contributed by atoms with E-state index in [0.717, 1.165) is 11.5 Å². The van der Waals surface area contributed by atoms with Gasteiger partial charge in [0.2, 0.25) is 0 Å². The molecule has 0 amide bonds. The first-order valence-electron chi connectivity index (χ1n) is 4.73. The minimum Gasteiger partial charge on any atom is -0.346 e. The van der Waals surface area contributed by atoms with Crippen LogP contribution in [0.1, 0.15) is 49.5 Å². The van der Waals surface area contributed by atoms with Crippen LogP contribution in [0.4, 0.5) is 0 Å². The van der Waals surface area contributed by atoms with Gasteiger partial charge in [0, 0.05) is 17.8 Å². The van der Waals surface area contributed by atoms with Crippen molar-refractivity contribution >= 4 is 0 Å². The van der Waals surface area contributed by atoms with Gasteiger partial charge in [-0.3, -0.25) is 0 Å². The van der Waals surface area contributed by atoms with Crippen LogP contribution in [0.5, 0.6) is 0 Å². The SMILES string of the molecule is [CH2]c1cnc(C2CCCCC2)[nH]1. The molecule has 0 aromatic carbocycles. The smallest absolute Gasteiger partial charge is 0.109 e. The number of hydrogen-bond donors (Lipinski definition) is 1. The van der Waals surface area contributed by atoms with Crippen LogP contribution < -0.4 is 0 Å². The molecule has 0 bridgehead atoms. The lowest BCUT2D eigenvalue weighted by Gasteiger charge is -2.19. The van der Waals surface area contributed by atoms with Gasteiger partial charge in [0.1, 0.15) is 5.82 Å². The Labute approximate surface area is 73.4 Å². The summed E-state index contributed by atoms with van der Waals surface area (Å²) in [5, 5.41) is 0. The van der Waals surface area contributed by atoms with Crippen LogP contribution in [0, 0.1) is 6.92 Å². The van der Waals surface area contributed by atoms with Gasteiger partial charge in [-0.1, -0.05) is 19.3 Å². The molecular formula is C10H15N2. The van der Waals surface area contributed by atoms with Crippen molar-refractivity contribution in [3.63, 3.8) is 0 Å². The van der Waals surface area contributed by atoms with Crippen LogP contribution >= 0.6 is 0 Å². The van der Waals surface area contributed by atoms with Gasteiger partial charge in [-0.2, -0.15) is 0 Å². The summed E-state index contributed by atoms with van der Waals surface area (Å²) in [7, 11) is 0. The molecule has 1 aliphatic rings. The standard InChI is InChI=1S/C10H15N2/c1-8-7-11-10(12-8)9-5-3-2-4-6-9/h7,9H,1-6H2,(H,11,12). The lowest BCUT2D eigenvalue weighted by molar-refractivity contribution is 0.430. The Morgan fingerprint density at radius 2 is 2.08 bits per heavy atom. The number of nitrogens with one attached hydrogen (secondary N) is 1. The molecule has 0 aliphatic heterocycles. The Bertz CT molecular complexity index is 246. The van der Waals surface area contributed by atoms with Crippen LogP contribution in [-0.4, -0.2) is 9.97 Å². The number of aromatic nitrogens is 2. The largest absolute Gasteiger partial charge is 0.346 e. The molecule has 1 saturated carbocycles. The molecule has 12 heavy (non-hydrogen) atoms. The Hall–Kier alpha value is -0.790. The third kappa shape index (κ3) is 1.52. The summed E-state index contributed by atoms with van der Waals surface area (Å²) in [6.45, 7) is 3.82. The van der Waals surface area contributed by atoms with E-state index in [1.54, 1.807) is 0 Å². The highest BCUT2D eigenvalue weighted by Crippen LogP contribution is 2.30. The summed E-state index contributed by atoms with van der Waals surface area (Å²) in [6, 6.07) is 0. The molecular weight excluding hydrogens is 148 g/mol. The quantitative estimate of drug-likeness (QED) is 0.677. The van der Waals surface area contributed by atoms with Gasteiger partial charge in [-0.25, -0.2) is 4.98 Å². The molecule has 1 aromatic rings. The molecule has 1 aromatic heterocycles. The molecule has 1 aliphatic carbocycles.